The molecule has 0 aliphatic rings. The number of nitrogens with two attached hydrogens (primary N) is 1. The Balaban J connectivity index is 0.00000225. The van der Waals surface area contributed by atoms with Crippen LogP contribution in [0.2, 0.25) is 0 Å². The molecule has 2 atom stereocenters. The van der Waals surface area contributed by atoms with E-state index in [9.17, 15) is 9.18 Å². The van der Waals surface area contributed by atoms with Crippen LogP contribution in [0.5, 0.6) is 0 Å². The summed E-state index contributed by atoms with van der Waals surface area (Å²) >= 11 is 0. The molecule has 0 bridgehead atoms. The standard InChI is InChI=1S/C11H15FN2O.ClH/c1-7(8(2)13)11(15)14-10-5-3-9(12)4-6-10;/h3-8H,13H2,1-2H3,(H,14,15);1H. The Morgan fingerprint density at radius 3 is 2.25 bits per heavy atom. The maximum atomic E-state index is 12.6. The van der Waals surface area contributed by atoms with Crippen molar-refractivity contribution in [2.75, 3.05) is 5.32 Å². The first-order chi connectivity index (χ1) is 7.00. The normalized spacial score (nSPS) is 13.5. The number of benzene rings is 1. The number of halogens is 2. The van der Waals surface area contributed by atoms with Gasteiger partial charge in [0.15, 0.2) is 0 Å². The second-order valence-corrected chi connectivity index (χ2v) is 3.64. The first kappa shape index (κ1) is 14.9. The van der Waals surface area contributed by atoms with Gasteiger partial charge in [-0.1, -0.05) is 6.92 Å². The molecular weight excluding hydrogens is 231 g/mol. The number of anilines is 1. The molecule has 0 saturated heterocycles. The van der Waals surface area contributed by atoms with Crippen LogP contribution in [0.3, 0.4) is 0 Å². The second-order valence-electron chi connectivity index (χ2n) is 3.64. The van der Waals surface area contributed by atoms with Crippen molar-refractivity contribution in [3.8, 4) is 0 Å². The van der Waals surface area contributed by atoms with Crippen LogP contribution in [0.15, 0.2) is 24.3 Å². The number of hydrogen-bond acceptors (Lipinski definition) is 2. The summed E-state index contributed by atoms with van der Waals surface area (Å²) in [4.78, 5) is 11.6. The van der Waals surface area contributed by atoms with Crippen molar-refractivity contribution in [2.24, 2.45) is 11.7 Å². The summed E-state index contributed by atoms with van der Waals surface area (Å²) in [5.74, 6) is -0.750. The number of carbonyl (C=O) groups is 1. The maximum Gasteiger partial charge on any atom is 0.228 e. The smallest absolute Gasteiger partial charge is 0.228 e. The molecule has 0 aromatic heterocycles. The first-order valence-corrected chi connectivity index (χ1v) is 4.82. The van der Waals surface area contributed by atoms with E-state index in [1.54, 1.807) is 13.8 Å². The summed E-state index contributed by atoms with van der Waals surface area (Å²) in [6.07, 6.45) is 0. The molecule has 0 aliphatic carbocycles. The van der Waals surface area contributed by atoms with Crippen LogP contribution < -0.4 is 11.1 Å². The van der Waals surface area contributed by atoms with E-state index >= 15 is 0 Å². The van der Waals surface area contributed by atoms with Crippen molar-refractivity contribution >= 4 is 24.0 Å². The van der Waals surface area contributed by atoms with E-state index in [1.807, 2.05) is 0 Å². The minimum Gasteiger partial charge on any atom is -0.327 e. The highest BCUT2D eigenvalue weighted by atomic mass is 35.5. The molecule has 0 radical (unpaired) electrons. The molecule has 0 saturated carbocycles. The van der Waals surface area contributed by atoms with Gasteiger partial charge in [-0.2, -0.15) is 0 Å². The van der Waals surface area contributed by atoms with Crippen LogP contribution in [0.4, 0.5) is 10.1 Å². The van der Waals surface area contributed by atoms with Gasteiger partial charge in [0, 0.05) is 11.7 Å². The summed E-state index contributed by atoms with van der Waals surface area (Å²) in [6.45, 7) is 3.53. The molecule has 2 unspecified atom stereocenters. The molecule has 0 aliphatic heterocycles. The molecule has 0 fully saturated rings. The van der Waals surface area contributed by atoms with E-state index in [0.29, 0.717) is 5.69 Å². The largest absolute Gasteiger partial charge is 0.327 e. The number of rotatable bonds is 3. The number of hydrogen-bond donors (Lipinski definition) is 2. The molecule has 1 aromatic rings. The van der Waals surface area contributed by atoms with Crippen LogP contribution in [0.25, 0.3) is 0 Å². The third-order valence-corrected chi connectivity index (χ3v) is 2.31. The van der Waals surface area contributed by atoms with Gasteiger partial charge in [-0.25, -0.2) is 4.39 Å². The summed E-state index contributed by atoms with van der Waals surface area (Å²) < 4.78 is 12.6. The number of nitrogens with one attached hydrogen (secondary N) is 1. The fraction of sp³-hybridized carbons (Fsp3) is 0.364. The molecule has 1 amide bonds. The summed E-state index contributed by atoms with van der Waals surface area (Å²) in [6, 6.07) is 5.42. The van der Waals surface area contributed by atoms with Crippen molar-refractivity contribution in [1.82, 2.24) is 0 Å². The summed E-state index contributed by atoms with van der Waals surface area (Å²) in [7, 11) is 0. The zero-order chi connectivity index (χ0) is 11.4. The Morgan fingerprint density at radius 2 is 1.81 bits per heavy atom. The van der Waals surface area contributed by atoms with Gasteiger partial charge in [0.05, 0.1) is 5.92 Å². The maximum absolute atomic E-state index is 12.6. The Morgan fingerprint density at radius 1 is 1.31 bits per heavy atom. The molecule has 0 heterocycles. The molecule has 5 heteroatoms. The minimum atomic E-state index is -0.326. The Labute approximate surface area is 101 Å². The van der Waals surface area contributed by atoms with Gasteiger partial charge in [-0.05, 0) is 31.2 Å². The van der Waals surface area contributed by atoms with Gasteiger partial charge in [0.25, 0.3) is 0 Å². The third-order valence-electron chi connectivity index (χ3n) is 2.31. The SMILES string of the molecule is CC(N)C(C)C(=O)Nc1ccc(F)cc1.Cl. The lowest BCUT2D eigenvalue weighted by Gasteiger charge is -2.15. The fourth-order valence-corrected chi connectivity index (χ4v) is 1.03. The van der Waals surface area contributed by atoms with Gasteiger partial charge in [0.1, 0.15) is 5.82 Å². The first-order valence-electron chi connectivity index (χ1n) is 4.82. The predicted octanol–water partition coefficient (Wildman–Crippen LogP) is 2.17. The molecule has 16 heavy (non-hydrogen) atoms. The van der Waals surface area contributed by atoms with Gasteiger partial charge in [0.2, 0.25) is 5.91 Å². The average Bonchev–Trinajstić information content (AvgIpc) is 2.20. The van der Waals surface area contributed by atoms with E-state index in [4.69, 9.17) is 5.73 Å². The van der Waals surface area contributed by atoms with Crippen molar-refractivity contribution in [2.45, 2.75) is 19.9 Å². The van der Waals surface area contributed by atoms with E-state index in [2.05, 4.69) is 5.32 Å². The molecule has 1 rings (SSSR count). The lowest BCUT2D eigenvalue weighted by molar-refractivity contribution is -0.119. The van der Waals surface area contributed by atoms with Crippen LogP contribution >= 0.6 is 12.4 Å². The van der Waals surface area contributed by atoms with Crippen LogP contribution in [0, 0.1) is 11.7 Å². The van der Waals surface area contributed by atoms with Crippen molar-refractivity contribution < 1.29 is 9.18 Å². The Hall–Kier alpha value is -1.13. The lowest BCUT2D eigenvalue weighted by atomic mass is 10.0. The summed E-state index contributed by atoms with van der Waals surface area (Å²) in [5.41, 5.74) is 6.17. The van der Waals surface area contributed by atoms with Crippen molar-refractivity contribution in [1.29, 1.82) is 0 Å². The van der Waals surface area contributed by atoms with E-state index in [0.717, 1.165) is 0 Å². The highest BCUT2D eigenvalue weighted by Gasteiger charge is 2.16. The average molecular weight is 247 g/mol. The van der Waals surface area contributed by atoms with Gasteiger partial charge >= 0.3 is 0 Å². The van der Waals surface area contributed by atoms with Crippen molar-refractivity contribution in [3.63, 3.8) is 0 Å². The molecule has 90 valence electrons. The molecule has 3 nitrogen and oxygen atoms in total. The Bertz CT molecular complexity index is 340. The lowest BCUT2D eigenvalue weighted by Crippen LogP contribution is -2.34. The van der Waals surface area contributed by atoms with Gasteiger partial charge < -0.3 is 11.1 Å². The van der Waals surface area contributed by atoms with Gasteiger partial charge in [-0.3, -0.25) is 4.79 Å². The second kappa shape index (κ2) is 6.45. The van der Waals surface area contributed by atoms with Crippen LogP contribution in [0.1, 0.15) is 13.8 Å². The topological polar surface area (TPSA) is 55.1 Å². The monoisotopic (exact) mass is 246 g/mol. The zero-order valence-corrected chi connectivity index (χ0v) is 10.1. The van der Waals surface area contributed by atoms with Crippen LogP contribution in [-0.2, 0) is 4.79 Å². The number of amides is 1. The Kier molecular flexibility index (Phi) is 6.00. The molecule has 3 N–H and O–H groups in total. The zero-order valence-electron chi connectivity index (χ0n) is 9.24. The summed E-state index contributed by atoms with van der Waals surface area (Å²) in [5, 5.41) is 2.66. The quantitative estimate of drug-likeness (QED) is 0.859. The van der Waals surface area contributed by atoms with E-state index in [-0.39, 0.29) is 36.1 Å². The number of carbonyl (C=O) groups excluding carboxylic acids is 1. The molecule has 1 aromatic carbocycles. The minimum absolute atomic E-state index is 0. The van der Waals surface area contributed by atoms with Crippen molar-refractivity contribution in [3.05, 3.63) is 30.1 Å². The predicted molar refractivity (Wildman–Crippen MR) is 65.1 cm³/mol. The molecule has 0 spiro atoms. The van der Waals surface area contributed by atoms with Gasteiger partial charge in [-0.15, -0.1) is 12.4 Å². The van der Waals surface area contributed by atoms with E-state index < -0.39 is 0 Å². The fourth-order valence-electron chi connectivity index (χ4n) is 1.03. The van der Waals surface area contributed by atoms with Crippen LogP contribution in [-0.4, -0.2) is 11.9 Å². The molecular formula is C11H16ClFN2O. The highest BCUT2D eigenvalue weighted by Crippen LogP contribution is 2.10. The van der Waals surface area contributed by atoms with E-state index in [1.165, 1.54) is 24.3 Å². The third kappa shape index (κ3) is 4.16. The highest BCUT2D eigenvalue weighted by molar-refractivity contribution is 5.92.